The van der Waals surface area contributed by atoms with E-state index in [1.54, 1.807) is 37.3 Å². The monoisotopic (exact) mass is 312 g/mol. The predicted molar refractivity (Wildman–Crippen MR) is 82.2 cm³/mol. The van der Waals surface area contributed by atoms with Crippen LogP contribution in [0.25, 0.3) is 22.2 Å². The van der Waals surface area contributed by atoms with E-state index in [9.17, 15) is 14.9 Å². The van der Waals surface area contributed by atoms with Crippen molar-refractivity contribution in [1.82, 2.24) is 5.16 Å². The van der Waals surface area contributed by atoms with E-state index < -0.39 is 16.8 Å². The number of aliphatic carboxylic acids is 1. The lowest BCUT2D eigenvalue weighted by Crippen LogP contribution is -2.06. The van der Waals surface area contributed by atoms with Crippen molar-refractivity contribution in [3.05, 3.63) is 58.1 Å². The maximum Gasteiger partial charge on any atom is 0.310 e. The first-order chi connectivity index (χ1) is 11.0. The van der Waals surface area contributed by atoms with Crippen LogP contribution in [-0.4, -0.2) is 21.2 Å². The molecule has 7 nitrogen and oxygen atoms in total. The second-order valence-electron chi connectivity index (χ2n) is 5.15. The average Bonchev–Trinajstić information content (AvgIpc) is 2.97. The summed E-state index contributed by atoms with van der Waals surface area (Å²) in [6.07, 6.45) is 0. The number of nitro groups is 1. The van der Waals surface area contributed by atoms with Gasteiger partial charge in [-0.1, -0.05) is 11.2 Å². The molecule has 0 aliphatic rings. The van der Waals surface area contributed by atoms with E-state index in [-0.39, 0.29) is 5.69 Å². The maximum atomic E-state index is 11.1. The molecule has 0 spiro atoms. The van der Waals surface area contributed by atoms with Crippen molar-refractivity contribution in [3.63, 3.8) is 0 Å². The first-order valence-electron chi connectivity index (χ1n) is 6.84. The van der Waals surface area contributed by atoms with Crippen molar-refractivity contribution in [3.8, 4) is 11.3 Å². The van der Waals surface area contributed by atoms with Gasteiger partial charge in [0.15, 0.2) is 5.58 Å². The van der Waals surface area contributed by atoms with Crippen LogP contribution in [0, 0.1) is 10.1 Å². The number of benzene rings is 2. The van der Waals surface area contributed by atoms with Crippen LogP contribution in [0.4, 0.5) is 5.69 Å². The zero-order valence-corrected chi connectivity index (χ0v) is 12.1. The topological polar surface area (TPSA) is 106 Å². The second kappa shape index (κ2) is 5.53. The third-order valence-electron chi connectivity index (χ3n) is 3.72. The minimum absolute atomic E-state index is 0.0123. The minimum atomic E-state index is -0.919. The third-order valence-corrected chi connectivity index (χ3v) is 3.72. The first-order valence-corrected chi connectivity index (χ1v) is 6.84. The van der Waals surface area contributed by atoms with Crippen molar-refractivity contribution in [1.29, 1.82) is 0 Å². The van der Waals surface area contributed by atoms with Gasteiger partial charge in [-0.15, -0.1) is 0 Å². The Balaban J connectivity index is 2.08. The summed E-state index contributed by atoms with van der Waals surface area (Å²) < 4.78 is 5.25. The molecule has 1 atom stereocenters. The van der Waals surface area contributed by atoms with Crippen LogP contribution in [0.15, 0.2) is 47.0 Å². The second-order valence-corrected chi connectivity index (χ2v) is 5.15. The number of carboxylic acids is 1. The summed E-state index contributed by atoms with van der Waals surface area (Å²) in [4.78, 5) is 21.4. The number of nitro benzene ring substituents is 1. The Kier molecular flexibility index (Phi) is 3.53. The largest absolute Gasteiger partial charge is 0.481 e. The van der Waals surface area contributed by atoms with Crippen LogP contribution in [0.2, 0.25) is 0 Å². The number of carbonyl (C=O) groups is 1. The molecule has 3 rings (SSSR count). The molecule has 0 aliphatic heterocycles. The standard InChI is InChI=1S/C16H12N2O5/c1-9(16(19)20)11-4-7-14-13(8-11)15(17-23-14)10-2-5-12(6-3-10)18(21)22/h2-9H,1H3,(H,19,20). The molecule has 0 amide bonds. The molecule has 116 valence electrons. The van der Waals surface area contributed by atoms with Gasteiger partial charge in [0, 0.05) is 23.1 Å². The third kappa shape index (κ3) is 2.64. The number of rotatable bonds is 4. The van der Waals surface area contributed by atoms with Crippen molar-refractivity contribution in [2.75, 3.05) is 0 Å². The molecule has 1 heterocycles. The normalized spacial score (nSPS) is 12.2. The summed E-state index contributed by atoms with van der Waals surface area (Å²) in [6.45, 7) is 1.60. The van der Waals surface area contributed by atoms with E-state index in [0.717, 1.165) is 0 Å². The fourth-order valence-corrected chi connectivity index (χ4v) is 2.32. The number of nitrogens with zero attached hydrogens (tertiary/aromatic N) is 2. The van der Waals surface area contributed by atoms with Crippen LogP contribution in [0.1, 0.15) is 18.4 Å². The lowest BCUT2D eigenvalue weighted by Gasteiger charge is -2.06. The molecule has 1 N–H and O–H groups in total. The summed E-state index contributed by atoms with van der Waals surface area (Å²) in [5, 5.41) is 24.5. The Labute approximate surface area is 130 Å². The van der Waals surface area contributed by atoms with E-state index in [0.29, 0.717) is 27.8 Å². The molecule has 1 aromatic heterocycles. The highest BCUT2D eigenvalue weighted by molar-refractivity contribution is 5.92. The lowest BCUT2D eigenvalue weighted by molar-refractivity contribution is -0.384. The van der Waals surface area contributed by atoms with Crippen LogP contribution >= 0.6 is 0 Å². The van der Waals surface area contributed by atoms with Crippen LogP contribution < -0.4 is 0 Å². The number of aromatic nitrogens is 1. The predicted octanol–water partition coefficient (Wildman–Crippen LogP) is 3.59. The minimum Gasteiger partial charge on any atom is -0.481 e. The van der Waals surface area contributed by atoms with Crippen LogP contribution in [-0.2, 0) is 4.79 Å². The lowest BCUT2D eigenvalue weighted by atomic mass is 9.98. The van der Waals surface area contributed by atoms with Gasteiger partial charge >= 0.3 is 5.97 Å². The molecule has 0 aliphatic carbocycles. The van der Waals surface area contributed by atoms with Gasteiger partial charge in [-0.2, -0.15) is 0 Å². The van der Waals surface area contributed by atoms with Crippen molar-refractivity contribution >= 4 is 22.6 Å². The summed E-state index contributed by atoms with van der Waals surface area (Å²) >= 11 is 0. The number of hydrogen-bond acceptors (Lipinski definition) is 5. The average molecular weight is 312 g/mol. The molecular weight excluding hydrogens is 300 g/mol. The number of non-ortho nitro benzene ring substituents is 1. The van der Waals surface area contributed by atoms with Crippen LogP contribution in [0.5, 0.6) is 0 Å². The van der Waals surface area contributed by atoms with Gasteiger partial charge < -0.3 is 9.63 Å². The van der Waals surface area contributed by atoms with Gasteiger partial charge in [0.25, 0.3) is 5.69 Å². The fourth-order valence-electron chi connectivity index (χ4n) is 2.32. The number of fused-ring (bicyclic) bond motifs is 1. The molecule has 1 unspecified atom stereocenters. The zero-order chi connectivity index (χ0) is 16.6. The molecule has 7 heteroatoms. The molecule has 0 fully saturated rings. The Morgan fingerprint density at radius 3 is 2.57 bits per heavy atom. The molecular formula is C16H12N2O5. The Hall–Kier alpha value is -3.22. The highest BCUT2D eigenvalue weighted by Gasteiger charge is 2.17. The van der Waals surface area contributed by atoms with Crippen molar-refractivity contribution in [2.24, 2.45) is 0 Å². The highest BCUT2D eigenvalue weighted by atomic mass is 16.6. The summed E-state index contributed by atoms with van der Waals surface area (Å²) in [5.41, 5.74) is 2.33. The Morgan fingerprint density at radius 2 is 1.96 bits per heavy atom. The van der Waals surface area contributed by atoms with Gasteiger partial charge in [0.05, 0.1) is 10.8 Å². The van der Waals surface area contributed by atoms with Gasteiger partial charge in [-0.05, 0) is 36.8 Å². The molecule has 2 aromatic carbocycles. The van der Waals surface area contributed by atoms with E-state index in [1.165, 1.54) is 12.1 Å². The van der Waals surface area contributed by atoms with Gasteiger partial charge in [-0.3, -0.25) is 14.9 Å². The number of carboxylic acid groups (broad SMARTS) is 1. The SMILES string of the molecule is CC(C(=O)O)c1ccc2onc(-c3ccc([N+](=O)[O-])cc3)c2c1. The maximum absolute atomic E-state index is 11.1. The van der Waals surface area contributed by atoms with E-state index in [4.69, 9.17) is 9.63 Å². The fraction of sp³-hybridized carbons (Fsp3) is 0.125. The quantitative estimate of drug-likeness (QED) is 0.582. The smallest absolute Gasteiger partial charge is 0.310 e. The van der Waals surface area contributed by atoms with Crippen molar-refractivity contribution in [2.45, 2.75) is 12.8 Å². The number of hydrogen-bond donors (Lipinski definition) is 1. The first kappa shape index (κ1) is 14.7. The van der Waals surface area contributed by atoms with Gasteiger partial charge in [0.1, 0.15) is 5.69 Å². The van der Waals surface area contributed by atoms with E-state index >= 15 is 0 Å². The highest BCUT2D eigenvalue weighted by Crippen LogP contribution is 2.31. The zero-order valence-electron chi connectivity index (χ0n) is 12.1. The molecule has 0 radical (unpaired) electrons. The summed E-state index contributed by atoms with van der Waals surface area (Å²) in [5.74, 6) is -1.57. The Morgan fingerprint density at radius 1 is 1.26 bits per heavy atom. The summed E-state index contributed by atoms with van der Waals surface area (Å²) in [6, 6.07) is 11.0. The van der Waals surface area contributed by atoms with Crippen molar-refractivity contribution < 1.29 is 19.3 Å². The van der Waals surface area contributed by atoms with E-state index in [1.807, 2.05) is 0 Å². The van der Waals surface area contributed by atoms with Crippen LogP contribution in [0.3, 0.4) is 0 Å². The van der Waals surface area contributed by atoms with Gasteiger partial charge in [-0.25, -0.2) is 0 Å². The molecule has 3 aromatic rings. The molecule has 0 bridgehead atoms. The molecule has 0 saturated heterocycles. The van der Waals surface area contributed by atoms with Gasteiger partial charge in [0.2, 0.25) is 0 Å². The molecule has 0 saturated carbocycles. The molecule has 23 heavy (non-hydrogen) atoms. The Bertz CT molecular complexity index is 898. The summed E-state index contributed by atoms with van der Waals surface area (Å²) in [7, 11) is 0. The van der Waals surface area contributed by atoms with E-state index in [2.05, 4.69) is 5.16 Å².